The Morgan fingerprint density at radius 1 is 0.368 bits per heavy atom. The first-order valence-corrected chi connectivity index (χ1v) is 17.9. The summed E-state index contributed by atoms with van der Waals surface area (Å²) in [5.41, 5.74) is 0. The normalized spacial score (nSPS) is 12.7. The van der Waals surface area contributed by atoms with Crippen LogP contribution in [0.1, 0.15) is 0 Å². The summed E-state index contributed by atoms with van der Waals surface area (Å²) in [6.45, 7) is 0. The second-order valence-corrected chi connectivity index (χ2v) is 16.4. The van der Waals surface area contributed by atoms with Gasteiger partial charge in [-0.2, -0.15) is 0 Å². The molecule has 0 amide bonds. The molecule has 0 fully saturated rings. The Kier molecular flexibility index (Phi) is 4.06. The Hall–Kier alpha value is -2.94. The molecule has 0 atom stereocenters. The number of hydrogen-bond donors (Lipinski definition) is 0. The third-order valence-corrected chi connectivity index (χ3v) is 14.2. The van der Waals surface area contributed by atoms with Crippen LogP contribution in [-0.2, 0) is 0 Å². The Morgan fingerprint density at radius 3 is 1.21 bits per heavy atom. The van der Waals surface area contributed by atoms with E-state index in [1.54, 1.807) is 0 Å². The third kappa shape index (κ3) is 2.86. The molecule has 176 valence electrons. The molecule has 0 bridgehead atoms. The van der Waals surface area contributed by atoms with Gasteiger partial charge in [0.2, 0.25) is 0 Å². The average Bonchev–Trinajstić information content (AvgIpc) is 3.70. The first kappa shape index (κ1) is 21.0. The number of thiophene rings is 2. The van der Waals surface area contributed by atoms with Gasteiger partial charge in [-0.05, 0) is 0 Å². The van der Waals surface area contributed by atoms with Crippen LogP contribution in [0.25, 0.3) is 92.0 Å². The van der Waals surface area contributed by atoms with Crippen LogP contribution in [0.4, 0.5) is 0 Å². The summed E-state index contributed by atoms with van der Waals surface area (Å²) in [6, 6.07) is 33.5. The van der Waals surface area contributed by atoms with Crippen molar-refractivity contribution in [3.8, 4) is 0 Å². The van der Waals surface area contributed by atoms with Gasteiger partial charge in [0.05, 0.1) is 0 Å². The molecule has 0 unspecified atom stereocenters. The van der Waals surface area contributed by atoms with Gasteiger partial charge in [0.15, 0.2) is 0 Å². The average molecular weight is 647 g/mol. The zero-order valence-electron chi connectivity index (χ0n) is 19.9. The summed E-state index contributed by atoms with van der Waals surface area (Å²) in [5.74, 6) is 0. The standard InChI is InChI=1S/C34H16S2Se2/c1-3-37-31-15-25-9-21-11-27-29(13-23(21)7-19(25)5-17(1)31)35-34-28-12-22-10-26-16-32-18(2-4-38-32)6-20(26)8-24(22)14-30(28)36-33(27)34/h1-16H. The van der Waals surface area contributed by atoms with Gasteiger partial charge in [-0.15, -0.1) is 0 Å². The molecular weight excluding hydrogens is 630 g/mol. The Balaban J connectivity index is 1.24. The molecule has 0 aliphatic rings. The molecule has 6 aromatic carbocycles. The van der Waals surface area contributed by atoms with Crippen molar-refractivity contribution in [1.29, 1.82) is 0 Å². The van der Waals surface area contributed by atoms with Crippen molar-refractivity contribution in [1.82, 2.24) is 0 Å². The molecule has 10 rings (SSSR count). The summed E-state index contributed by atoms with van der Waals surface area (Å²) in [5, 5.41) is 16.4. The van der Waals surface area contributed by atoms with Crippen LogP contribution in [0, 0.1) is 0 Å². The summed E-state index contributed by atoms with van der Waals surface area (Å²) < 4.78 is 8.69. The van der Waals surface area contributed by atoms with E-state index < -0.39 is 0 Å². The number of hydrogen-bond acceptors (Lipinski definition) is 2. The predicted molar refractivity (Wildman–Crippen MR) is 174 cm³/mol. The van der Waals surface area contributed by atoms with Crippen LogP contribution >= 0.6 is 22.7 Å². The fourth-order valence-corrected chi connectivity index (χ4v) is 12.3. The van der Waals surface area contributed by atoms with Crippen LogP contribution in [0.15, 0.2) is 94.8 Å². The van der Waals surface area contributed by atoms with E-state index in [-0.39, 0.29) is 0 Å². The van der Waals surface area contributed by atoms with Gasteiger partial charge >= 0.3 is 238 Å². The fraction of sp³-hybridized carbons (Fsp3) is 0. The SMILES string of the molecule is c1cc2cc3cc4cc5sc6c7cc8cc9cc%10[se]ccc%10cc9cc8cc7sc6c5cc4cc3cc2[se]1. The van der Waals surface area contributed by atoms with Gasteiger partial charge in [0, 0.05) is 0 Å². The summed E-state index contributed by atoms with van der Waals surface area (Å²) >= 11 is 4.88. The van der Waals surface area contributed by atoms with Crippen molar-refractivity contribution < 1.29 is 0 Å². The molecule has 0 aliphatic heterocycles. The molecule has 4 heteroatoms. The molecule has 38 heavy (non-hydrogen) atoms. The molecule has 0 N–H and O–H groups in total. The van der Waals surface area contributed by atoms with Crippen LogP contribution < -0.4 is 0 Å². The van der Waals surface area contributed by atoms with Crippen LogP contribution in [0.2, 0.25) is 0 Å². The first-order valence-electron chi connectivity index (χ1n) is 12.6. The zero-order chi connectivity index (χ0) is 24.5. The van der Waals surface area contributed by atoms with Gasteiger partial charge in [-0.25, -0.2) is 0 Å². The topological polar surface area (TPSA) is 0 Å². The zero-order valence-corrected chi connectivity index (χ0v) is 24.9. The molecule has 4 aromatic heterocycles. The monoisotopic (exact) mass is 648 g/mol. The van der Waals surface area contributed by atoms with E-state index in [9.17, 15) is 0 Å². The van der Waals surface area contributed by atoms with Crippen LogP contribution in [0.3, 0.4) is 0 Å². The third-order valence-electron chi connectivity index (χ3n) is 8.05. The van der Waals surface area contributed by atoms with Crippen molar-refractivity contribution in [2.75, 3.05) is 0 Å². The minimum absolute atomic E-state index is 0.478. The van der Waals surface area contributed by atoms with Gasteiger partial charge in [-0.1, -0.05) is 0 Å². The van der Waals surface area contributed by atoms with Gasteiger partial charge in [0.1, 0.15) is 0 Å². The van der Waals surface area contributed by atoms with E-state index in [2.05, 4.69) is 94.8 Å². The summed E-state index contributed by atoms with van der Waals surface area (Å²) in [7, 11) is 0. The maximum absolute atomic E-state index is 2.44. The molecule has 0 aliphatic carbocycles. The second kappa shape index (κ2) is 7.37. The second-order valence-electron chi connectivity index (χ2n) is 10.3. The molecule has 10 aromatic rings. The van der Waals surface area contributed by atoms with Gasteiger partial charge in [0.25, 0.3) is 0 Å². The van der Waals surface area contributed by atoms with E-state index in [0.29, 0.717) is 29.0 Å². The van der Waals surface area contributed by atoms with E-state index >= 15 is 0 Å². The van der Waals surface area contributed by atoms with E-state index in [0.717, 1.165) is 0 Å². The number of fused-ring (bicyclic) bond motifs is 11. The Bertz CT molecular complexity index is 2440. The number of rotatable bonds is 0. The van der Waals surface area contributed by atoms with Crippen molar-refractivity contribution in [3.05, 3.63) is 94.8 Å². The Morgan fingerprint density at radius 2 is 0.737 bits per heavy atom. The summed E-state index contributed by atoms with van der Waals surface area (Å²) in [6.07, 6.45) is 0. The molecule has 0 radical (unpaired) electrons. The Labute approximate surface area is 236 Å². The van der Waals surface area contributed by atoms with Crippen molar-refractivity contribution in [3.63, 3.8) is 0 Å². The minimum atomic E-state index is 0.478. The van der Waals surface area contributed by atoms with Gasteiger partial charge in [-0.3, -0.25) is 0 Å². The molecule has 0 nitrogen and oxygen atoms in total. The van der Waals surface area contributed by atoms with Crippen molar-refractivity contribution in [2.45, 2.75) is 0 Å². The molecule has 0 saturated carbocycles. The fourth-order valence-electron chi connectivity index (χ4n) is 6.17. The first-order chi connectivity index (χ1) is 18.7. The summed E-state index contributed by atoms with van der Waals surface area (Å²) in [4.78, 5) is 4.67. The molecular formula is C34H16S2Se2. The molecule has 0 spiro atoms. The molecule has 4 heterocycles. The van der Waals surface area contributed by atoms with E-state index in [1.165, 1.54) is 92.0 Å². The number of benzene rings is 6. The molecule has 0 saturated heterocycles. The van der Waals surface area contributed by atoms with Crippen molar-refractivity contribution >= 4 is 144 Å². The van der Waals surface area contributed by atoms with E-state index in [1.807, 2.05) is 22.7 Å². The van der Waals surface area contributed by atoms with Crippen LogP contribution in [0.5, 0.6) is 0 Å². The van der Waals surface area contributed by atoms with Crippen molar-refractivity contribution in [2.24, 2.45) is 0 Å². The van der Waals surface area contributed by atoms with Crippen LogP contribution in [-0.4, -0.2) is 29.0 Å². The van der Waals surface area contributed by atoms with Gasteiger partial charge < -0.3 is 0 Å². The quantitative estimate of drug-likeness (QED) is 0.114. The van der Waals surface area contributed by atoms with E-state index in [4.69, 9.17) is 0 Å². The predicted octanol–water partition coefficient (Wildman–Crippen LogP) is 10.3. The maximum atomic E-state index is 2.44.